The highest BCUT2D eigenvalue weighted by Crippen LogP contribution is 2.07. The number of nitrogens with zero attached hydrogens (tertiary/aromatic N) is 1. The highest BCUT2D eigenvalue weighted by atomic mass is 16.5. The van der Waals surface area contributed by atoms with Gasteiger partial charge in [0.15, 0.2) is 0 Å². The summed E-state index contributed by atoms with van der Waals surface area (Å²) in [5.74, 6) is 0.972. The summed E-state index contributed by atoms with van der Waals surface area (Å²) in [6, 6.07) is 9.61. The zero-order chi connectivity index (χ0) is 12.5. The number of ether oxygens (including phenoxy) is 1. The summed E-state index contributed by atoms with van der Waals surface area (Å²) >= 11 is 0. The Kier molecular flexibility index (Phi) is 6.10. The molecule has 1 N–H and O–H groups in total. The smallest absolute Gasteiger partial charge is 0.223 e. The first-order chi connectivity index (χ1) is 8.24. The maximum Gasteiger partial charge on any atom is 0.223 e. The van der Waals surface area contributed by atoms with Crippen LogP contribution in [0.3, 0.4) is 0 Å². The zero-order valence-corrected chi connectivity index (χ0v) is 10.5. The molecule has 0 heterocycles. The number of carbonyl (C=O) groups is 1. The Balaban J connectivity index is 2.20. The molecule has 0 bridgehead atoms. The van der Waals surface area contributed by atoms with Gasteiger partial charge in [-0.2, -0.15) is 0 Å². The van der Waals surface area contributed by atoms with Gasteiger partial charge >= 0.3 is 0 Å². The molecule has 0 saturated heterocycles. The van der Waals surface area contributed by atoms with Crippen LogP contribution >= 0.6 is 0 Å². The van der Waals surface area contributed by atoms with E-state index in [0.717, 1.165) is 5.75 Å². The number of para-hydroxylation sites is 1. The van der Waals surface area contributed by atoms with Crippen molar-refractivity contribution in [3.8, 4) is 5.75 Å². The van der Waals surface area contributed by atoms with Crippen LogP contribution < -0.4 is 10.1 Å². The van der Waals surface area contributed by atoms with Gasteiger partial charge in [-0.05, 0) is 19.2 Å². The molecular formula is C13H20N2O2. The van der Waals surface area contributed by atoms with Gasteiger partial charge in [-0.3, -0.25) is 4.79 Å². The molecule has 0 aliphatic carbocycles. The summed E-state index contributed by atoms with van der Waals surface area (Å²) in [6.45, 7) is 1.84. The van der Waals surface area contributed by atoms with E-state index in [1.807, 2.05) is 37.4 Å². The lowest BCUT2D eigenvalue weighted by Gasteiger charge is -2.17. The molecule has 0 fully saturated rings. The molecule has 0 aliphatic rings. The molecule has 4 nitrogen and oxygen atoms in total. The number of likely N-dealkylation sites (N-methyl/N-ethyl adjacent to an activating group) is 1. The van der Waals surface area contributed by atoms with Gasteiger partial charge in [0.05, 0.1) is 6.54 Å². The van der Waals surface area contributed by atoms with Gasteiger partial charge in [0, 0.05) is 20.0 Å². The van der Waals surface area contributed by atoms with E-state index in [9.17, 15) is 4.79 Å². The van der Waals surface area contributed by atoms with Gasteiger partial charge in [0.1, 0.15) is 12.4 Å². The van der Waals surface area contributed by atoms with Crippen LogP contribution in [0.25, 0.3) is 0 Å². The summed E-state index contributed by atoms with van der Waals surface area (Å²) in [6.07, 6.45) is 0.526. The molecule has 1 aromatic carbocycles. The van der Waals surface area contributed by atoms with Crippen LogP contribution in [0.4, 0.5) is 0 Å². The van der Waals surface area contributed by atoms with Crippen LogP contribution in [0.2, 0.25) is 0 Å². The molecule has 0 aromatic heterocycles. The summed E-state index contributed by atoms with van der Waals surface area (Å²) in [5, 5.41) is 2.96. The molecule has 0 radical (unpaired) electrons. The standard InChI is InChI=1S/C13H20N2O2/c1-14-9-8-13(16)15(2)10-11-17-12-6-4-3-5-7-12/h3-7,14H,8-11H2,1-2H3. The Morgan fingerprint density at radius 1 is 1.35 bits per heavy atom. The lowest BCUT2D eigenvalue weighted by molar-refractivity contribution is -0.130. The first-order valence-electron chi connectivity index (χ1n) is 5.80. The predicted molar refractivity (Wildman–Crippen MR) is 68.1 cm³/mol. The highest BCUT2D eigenvalue weighted by molar-refractivity contribution is 5.76. The van der Waals surface area contributed by atoms with Crippen molar-refractivity contribution in [2.45, 2.75) is 6.42 Å². The maximum atomic E-state index is 11.6. The molecule has 1 rings (SSSR count). The van der Waals surface area contributed by atoms with Gasteiger partial charge < -0.3 is 15.0 Å². The van der Waals surface area contributed by atoms with Gasteiger partial charge in [-0.15, -0.1) is 0 Å². The number of rotatable bonds is 7. The van der Waals surface area contributed by atoms with E-state index in [1.54, 1.807) is 11.9 Å². The lowest BCUT2D eigenvalue weighted by atomic mass is 10.3. The molecule has 0 saturated carbocycles. The van der Waals surface area contributed by atoms with E-state index in [1.165, 1.54) is 0 Å². The largest absolute Gasteiger partial charge is 0.492 e. The van der Waals surface area contributed by atoms with Crippen molar-refractivity contribution in [1.82, 2.24) is 10.2 Å². The van der Waals surface area contributed by atoms with E-state index in [4.69, 9.17) is 4.74 Å². The first kappa shape index (κ1) is 13.5. The number of hydrogen-bond donors (Lipinski definition) is 1. The van der Waals surface area contributed by atoms with Crippen molar-refractivity contribution >= 4 is 5.91 Å². The van der Waals surface area contributed by atoms with Crippen LogP contribution in [0.5, 0.6) is 5.75 Å². The second kappa shape index (κ2) is 7.68. The maximum absolute atomic E-state index is 11.6. The van der Waals surface area contributed by atoms with Crippen LogP contribution in [0.15, 0.2) is 30.3 Å². The number of amides is 1. The Bertz CT molecular complexity index is 327. The monoisotopic (exact) mass is 236 g/mol. The summed E-state index contributed by atoms with van der Waals surface area (Å²) in [7, 11) is 3.64. The van der Waals surface area contributed by atoms with Crippen molar-refractivity contribution in [2.75, 3.05) is 33.8 Å². The summed E-state index contributed by atoms with van der Waals surface area (Å²) < 4.78 is 5.52. The highest BCUT2D eigenvalue weighted by Gasteiger charge is 2.07. The lowest BCUT2D eigenvalue weighted by Crippen LogP contribution is -2.32. The fraction of sp³-hybridized carbons (Fsp3) is 0.462. The quantitative estimate of drug-likeness (QED) is 0.771. The van der Waals surface area contributed by atoms with Gasteiger partial charge in [-0.25, -0.2) is 0 Å². The SMILES string of the molecule is CNCCC(=O)N(C)CCOc1ccccc1. The summed E-state index contributed by atoms with van der Waals surface area (Å²) in [5.41, 5.74) is 0. The van der Waals surface area contributed by atoms with E-state index >= 15 is 0 Å². The van der Waals surface area contributed by atoms with E-state index in [-0.39, 0.29) is 5.91 Å². The second-order valence-corrected chi connectivity index (χ2v) is 3.83. The Labute approximate surface area is 103 Å². The van der Waals surface area contributed by atoms with Crippen molar-refractivity contribution in [3.63, 3.8) is 0 Å². The Hall–Kier alpha value is -1.55. The minimum absolute atomic E-state index is 0.135. The Morgan fingerprint density at radius 2 is 2.06 bits per heavy atom. The third-order valence-electron chi connectivity index (χ3n) is 2.45. The van der Waals surface area contributed by atoms with Crippen molar-refractivity contribution in [1.29, 1.82) is 0 Å². The van der Waals surface area contributed by atoms with E-state index in [0.29, 0.717) is 26.1 Å². The Morgan fingerprint density at radius 3 is 2.71 bits per heavy atom. The number of carbonyl (C=O) groups excluding carboxylic acids is 1. The fourth-order valence-corrected chi connectivity index (χ4v) is 1.36. The average Bonchev–Trinajstić information content (AvgIpc) is 2.37. The van der Waals surface area contributed by atoms with E-state index in [2.05, 4.69) is 5.32 Å². The average molecular weight is 236 g/mol. The van der Waals surface area contributed by atoms with E-state index < -0.39 is 0 Å². The van der Waals surface area contributed by atoms with Crippen LogP contribution in [-0.2, 0) is 4.79 Å². The molecule has 1 aromatic rings. The normalized spacial score (nSPS) is 10.0. The molecule has 0 aliphatic heterocycles. The predicted octanol–water partition coefficient (Wildman–Crippen LogP) is 1.13. The van der Waals surface area contributed by atoms with Crippen molar-refractivity contribution in [3.05, 3.63) is 30.3 Å². The molecule has 17 heavy (non-hydrogen) atoms. The third-order valence-corrected chi connectivity index (χ3v) is 2.45. The van der Waals surface area contributed by atoms with Crippen LogP contribution in [0, 0.1) is 0 Å². The van der Waals surface area contributed by atoms with Gasteiger partial charge in [-0.1, -0.05) is 18.2 Å². The molecule has 0 atom stereocenters. The molecular weight excluding hydrogens is 216 g/mol. The minimum Gasteiger partial charge on any atom is -0.492 e. The van der Waals surface area contributed by atoms with Gasteiger partial charge in [0.25, 0.3) is 0 Å². The topological polar surface area (TPSA) is 41.6 Å². The number of hydrogen-bond acceptors (Lipinski definition) is 3. The van der Waals surface area contributed by atoms with Crippen molar-refractivity contribution in [2.24, 2.45) is 0 Å². The fourth-order valence-electron chi connectivity index (χ4n) is 1.36. The van der Waals surface area contributed by atoms with Gasteiger partial charge in [0.2, 0.25) is 5.91 Å². The molecule has 0 unspecified atom stereocenters. The first-order valence-corrected chi connectivity index (χ1v) is 5.80. The molecule has 4 heteroatoms. The second-order valence-electron chi connectivity index (χ2n) is 3.83. The molecule has 94 valence electrons. The minimum atomic E-state index is 0.135. The number of nitrogens with one attached hydrogen (secondary N) is 1. The van der Waals surface area contributed by atoms with Crippen LogP contribution in [0.1, 0.15) is 6.42 Å². The molecule has 0 spiro atoms. The molecule has 1 amide bonds. The summed E-state index contributed by atoms with van der Waals surface area (Å²) in [4.78, 5) is 13.3. The van der Waals surface area contributed by atoms with Crippen molar-refractivity contribution < 1.29 is 9.53 Å². The zero-order valence-electron chi connectivity index (χ0n) is 10.5. The van der Waals surface area contributed by atoms with Crippen LogP contribution in [-0.4, -0.2) is 44.6 Å². The third kappa shape index (κ3) is 5.36. The number of benzene rings is 1.